The largest absolute Gasteiger partial charge is 0.467 e. The van der Waals surface area contributed by atoms with E-state index in [1.807, 2.05) is 79.7 Å². The number of carbonyl (C=O) groups excluding carboxylic acids is 1. The molecule has 0 amide bonds. The number of rotatable bonds is 7. The maximum absolute atomic E-state index is 12.5. The number of esters is 1. The first-order valence-electron chi connectivity index (χ1n) is 8.29. The summed E-state index contributed by atoms with van der Waals surface area (Å²) in [6.07, 6.45) is 1.61. The summed E-state index contributed by atoms with van der Waals surface area (Å²) in [4.78, 5) is 12.5. The van der Waals surface area contributed by atoms with Gasteiger partial charge >= 0.3 is 5.97 Å². The number of benzene rings is 2. The van der Waals surface area contributed by atoms with Gasteiger partial charge in [0.15, 0.2) is 0 Å². The van der Waals surface area contributed by atoms with Gasteiger partial charge in [-0.2, -0.15) is 0 Å². The molecule has 0 spiro atoms. The number of ether oxygens (including phenoxy) is 1. The molecular weight excluding hydrogens is 314 g/mol. The molecule has 0 saturated carbocycles. The van der Waals surface area contributed by atoms with Gasteiger partial charge in [-0.15, -0.1) is 0 Å². The molecule has 25 heavy (non-hydrogen) atoms. The van der Waals surface area contributed by atoms with E-state index in [1.54, 1.807) is 6.26 Å². The maximum atomic E-state index is 12.5. The second kappa shape index (κ2) is 8.20. The minimum absolute atomic E-state index is 0.264. The molecule has 3 aromatic rings. The Kier molecular flexibility index (Phi) is 5.52. The van der Waals surface area contributed by atoms with Gasteiger partial charge in [0.1, 0.15) is 12.4 Å². The van der Waals surface area contributed by atoms with Gasteiger partial charge in [-0.05, 0) is 36.8 Å². The Morgan fingerprint density at radius 3 is 2.32 bits per heavy atom. The van der Waals surface area contributed by atoms with E-state index in [9.17, 15) is 4.79 Å². The van der Waals surface area contributed by atoms with Crippen LogP contribution in [0.25, 0.3) is 0 Å². The zero-order valence-corrected chi connectivity index (χ0v) is 14.1. The zero-order valence-electron chi connectivity index (χ0n) is 14.1. The molecule has 4 nitrogen and oxygen atoms in total. The summed E-state index contributed by atoms with van der Waals surface area (Å²) in [5.41, 5.74) is 1.89. The monoisotopic (exact) mass is 335 g/mol. The van der Waals surface area contributed by atoms with E-state index < -0.39 is 5.92 Å². The van der Waals surface area contributed by atoms with Crippen molar-refractivity contribution in [2.24, 2.45) is 5.92 Å². The Labute approximate surface area is 147 Å². The van der Waals surface area contributed by atoms with Crippen LogP contribution in [0.4, 0.5) is 5.69 Å². The van der Waals surface area contributed by atoms with Crippen LogP contribution in [0, 0.1) is 5.92 Å². The van der Waals surface area contributed by atoms with Crippen molar-refractivity contribution in [3.63, 3.8) is 0 Å². The van der Waals surface area contributed by atoms with Gasteiger partial charge in [0, 0.05) is 5.69 Å². The molecule has 0 aliphatic carbocycles. The fourth-order valence-electron chi connectivity index (χ4n) is 2.62. The fourth-order valence-corrected chi connectivity index (χ4v) is 2.62. The van der Waals surface area contributed by atoms with E-state index in [0.717, 1.165) is 11.3 Å². The topological polar surface area (TPSA) is 51.5 Å². The van der Waals surface area contributed by atoms with Crippen molar-refractivity contribution in [3.8, 4) is 0 Å². The fraction of sp³-hybridized carbons (Fsp3) is 0.190. The number of nitrogens with one attached hydrogen (secondary N) is 1. The molecule has 2 unspecified atom stereocenters. The summed E-state index contributed by atoms with van der Waals surface area (Å²) in [5.74, 6) is 0.0248. The number of anilines is 1. The SMILES string of the molecule is CC(C(=O)OCc1ccccc1)C(Nc1ccccc1)c1ccco1. The molecule has 0 saturated heterocycles. The van der Waals surface area contributed by atoms with Gasteiger partial charge in [-0.1, -0.05) is 48.5 Å². The summed E-state index contributed by atoms with van der Waals surface area (Å²) in [5, 5.41) is 3.37. The molecule has 0 fully saturated rings. The normalized spacial score (nSPS) is 13.0. The second-order valence-electron chi connectivity index (χ2n) is 5.89. The molecule has 1 aromatic heterocycles. The van der Waals surface area contributed by atoms with Crippen molar-refractivity contribution < 1.29 is 13.9 Å². The minimum Gasteiger partial charge on any atom is -0.467 e. The van der Waals surface area contributed by atoms with E-state index in [4.69, 9.17) is 9.15 Å². The standard InChI is InChI=1S/C21H21NO3/c1-16(21(23)25-15-17-9-4-2-5-10-17)20(19-13-8-14-24-19)22-18-11-6-3-7-12-18/h2-14,16,20,22H,15H2,1H3. The van der Waals surface area contributed by atoms with Crippen molar-refractivity contribution in [2.75, 3.05) is 5.32 Å². The third-order valence-electron chi connectivity index (χ3n) is 4.04. The first-order valence-corrected chi connectivity index (χ1v) is 8.29. The van der Waals surface area contributed by atoms with Crippen molar-refractivity contribution in [1.29, 1.82) is 0 Å². The van der Waals surface area contributed by atoms with E-state index in [-0.39, 0.29) is 18.6 Å². The number of furan rings is 1. The molecule has 4 heteroatoms. The molecule has 1 N–H and O–H groups in total. The third kappa shape index (κ3) is 4.51. The van der Waals surface area contributed by atoms with Crippen molar-refractivity contribution >= 4 is 11.7 Å². The van der Waals surface area contributed by atoms with Crippen molar-refractivity contribution in [2.45, 2.75) is 19.6 Å². The van der Waals surface area contributed by atoms with Gasteiger partial charge in [-0.3, -0.25) is 4.79 Å². The number of hydrogen-bond acceptors (Lipinski definition) is 4. The Hall–Kier alpha value is -3.01. The van der Waals surface area contributed by atoms with Crippen LogP contribution in [-0.2, 0) is 16.1 Å². The lowest BCUT2D eigenvalue weighted by atomic mass is 9.99. The van der Waals surface area contributed by atoms with Crippen LogP contribution in [0.5, 0.6) is 0 Å². The molecule has 128 valence electrons. The lowest BCUT2D eigenvalue weighted by molar-refractivity contribution is -0.150. The van der Waals surface area contributed by atoms with E-state index in [2.05, 4.69) is 5.32 Å². The van der Waals surface area contributed by atoms with Gasteiger partial charge in [0.25, 0.3) is 0 Å². The summed E-state index contributed by atoms with van der Waals surface area (Å²) < 4.78 is 11.0. The lowest BCUT2D eigenvalue weighted by Gasteiger charge is -2.23. The van der Waals surface area contributed by atoms with Crippen LogP contribution >= 0.6 is 0 Å². The quantitative estimate of drug-likeness (QED) is 0.629. The predicted octanol–water partition coefficient (Wildman–Crippen LogP) is 4.81. The van der Waals surface area contributed by atoms with Crippen LogP contribution in [0.2, 0.25) is 0 Å². The highest BCUT2D eigenvalue weighted by molar-refractivity contribution is 5.74. The number of para-hydroxylation sites is 1. The zero-order chi connectivity index (χ0) is 17.5. The molecule has 0 bridgehead atoms. The maximum Gasteiger partial charge on any atom is 0.311 e. The Morgan fingerprint density at radius 1 is 1.00 bits per heavy atom. The van der Waals surface area contributed by atoms with Crippen LogP contribution < -0.4 is 5.32 Å². The number of hydrogen-bond donors (Lipinski definition) is 1. The highest BCUT2D eigenvalue weighted by atomic mass is 16.5. The van der Waals surface area contributed by atoms with Gasteiger partial charge in [0.05, 0.1) is 18.2 Å². The molecule has 2 aromatic carbocycles. The van der Waals surface area contributed by atoms with Crippen LogP contribution in [-0.4, -0.2) is 5.97 Å². The van der Waals surface area contributed by atoms with Crippen LogP contribution in [0.1, 0.15) is 24.3 Å². The molecule has 0 aliphatic heterocycles. The second-order valence-corrected chi connectivity index (χ2v) is 5.89. The Balaban J connectivity index is 1.70. The highest BCUT2D eigenvalue weighted by Gasteiger charge is 2.29. The lowest BCUT2D eigenvalue weighted by Crippen LogP contribution is -2.26. The van der Waals surface area contributed by atoms with Crippen LogP contribution in [0.3, 0.4) is 0 Å². The molecule has 3 rings (SSSR count). The molecule has 0 radical (unpaired) electrons. The van der Waals surface area contributed by atoms with E-state index in [1.165, 1.54) is 0 Å². The van der Waals surface area contributed by atoms with Crippen molar-refractivity contribution in [3.05, 3.63) is 90.4 Å². The molecule has 2 atom stereocenters. The van der Waals surface area contributed by atoms with E-state index >= 15 is 0 Å². The first kappa shape index (κ1) is 16.8. The first-order chi connectivity index (χ1) is 12.2. The Morgan fingerprint density at radius 2 is 1.68 bits per heavy atom. The molecular formula is C21H21NO3. The summed E-state index contributed by atoms with van der Waals surface area (Å²) in [6.45, 7) is 2.11. The predicted molar refractivity (Wildman–Crippen MR) is 96.9 cm³/mol. The van der Waals surface area contributed by atoms with Gasteiger partial charge in [0.2, 0.25) is 0 Å². The average Bonchev–Trinajstić information content (AvgIpc) is 3.20. The molecule has 0 aliphatic rings. The third-order valence-corrected chi connectivity index (χ3v) is 4.04. The van der Waals surface area contributed by atoms with Gasteiger partial charge in [-0.25, -0.2) is 0 Å². The summed E-state index contributed by atoms with van der Waals surface area (Å²) >= 11 is 0. The van der Waals surface area contributed by atoms with Gasteiger partial charge < -0.3 is 14.5 Å². The van der Waals surface area contributed by atoms with Crippen LogP contribution in [0.15, 0.2) is 83.5 Å². The van der Waals surface area contributed by atoms with Crippen molar-refractivity contribution in [1.82, 2.24) is 0 Å². The summed E-state index contributed by atoms with van der Waals surface area (Å²) in [7, 11) is 0. The summed E-state index contributed by atoms with van der Waals surface area (Å²) in [6, 6.07) is 22.8. The Bertz CT molecular complexity index is 769. The highest BCUT2D eigenvalue weighted by Crippen LogP contribution is 2.28. The van der Waals surface area contributed by atoms with E-state index in [0.29, 0.717) is 5.76 Å². The minimum atomic E-state index is -0.407. The molecule has 1 heterocycles. The average molecular weight is 335 g/mol. The number of carbonyl (C=O) groups is 1. The smallest absolute Gasteiger partial charge is 0.311 e.